The predicted octanol–water partition coefficient (Wildman–Crippen LogP) is 4.54. The van der Waals surface area contributed by atoms with Gasteiger partial charge < -0.3 is 4.74 Å². The number of halogens is 2. The van der Waals surface area contributed by atoms with Gasteiger partial charge in [0.05, 0.1) is 12.8 Å². The molecule has 0 radical (unpaired) electrons. The number of hydrogen-bond donors (Lipinski definition) is 0. The van der Waals surface area contributed by atoms with Crippen molar-refractivity contribution in [3.8, 4) is 17.0 Å². The van der Waals surface area contributed by atoms with Gasteiger partial charge in [-0.1, -0.05) is 11.6 Å². The summed E-state index contributed by atoms with van der Waals surface area (Å²) in [5.74, 6) is 0.821. The molecule has 2 aromatic rings. The van der Waals surface area contributed by atoms with Crippen LogP contribution in [0, 0.1) is 6.92 Å². The lowest BCUT2D eigenvalue weighted by Crippen LogP contribution is -1.91. The van der Waals surface area contributed by atoms with Crippen molar-refractivity contribution < 1.29 is 4.74 Å². The zero-order chi connectivity index (χ0) is 11.7. The maximum Gasteiger partial charge on any atom is 0.159 e. The zero-order valence-electron chi connectivity index (χ0n) is 8.75. The Labute approximate surface area is 111 Å². The van der Waals surface area contributed by atoms with E-state index in [-0.39, 0.29) is 0 Å². The van der Waals surface area contributed by atoms with Crippen molar-refractivity contribution in [2.75, 3.05) is 7.11 Å². The summed E-state index contributed by atoms with van der Waals surface area (Å²) in [6.07, 6.45) is 0. The van der Waals surface area contributed by atoms with Crippen molar-refractivity contribution in [1.82, 2.24) is 4.98 Å². The van der Waals surface area contributed by atoms with Crippen LogP contribution in [0.1, 0.15) is 5.56 Å². The van der Waals surface area contributed by atoms with Gasteiger partial charge in [-0.25, -0.2) is 4.98 Å². The summed E-state index contributed by atoms with van der Waals surface area (Å²) in [7, 11) is 1.65. The van der Waals surface area contributed by atoms with Crippen LogP contribution < -0.4 is 4.74 Å². The second-order valence-electron chi connectivity index (χ2n) is 3.29. The monoisotopic (exact) mass is 317 g/mol. The van der Waals surface area contributed by atoms with Gasteiger partial charge >= 0.3 is 0 Å². The lowest BCUT2D eigenvalue weighted by atomic mass is 10.1. The van der Waals surface area contributed by atoms with Gasteiger partial charge in [0.25, 0.3) is 0 Å². The Morgan fingerprint density at radius 1 is 1.44 bits per heavy atom. The van der Waals surface area contributed by atoms with Gasteiger partial charge in [0, 0.05) is 16.0 Å². The number of nitrogens with zero attached hydrogens (tertiary/aromatic N) is 1. The van der Waals surface area contributed by atoms with Crippen LogP contribution in [0.4, 0.5) is 0 Å². The van der Waals surface area contributed by atoms with E-state index in [0.29, 0.717) is 5.02 Å². The Hall–Kier alpha value is -0.580. The molecular weight excluding hydrogens is 310 g/mol. The molecule has 2 rings (SSSR count). The van der Waals surface area contributed by atoms with Gasteiger partial charge in [-0.05, 0) is 40.5 Å². The van der Waals surface area contributed by atoms with Crippen LogP contribution in [0.5, 0.6) is 5.75 Å². The largest absolute Gasteiger partial charge is 0.496 e. The standard InChI is InChI=1S/C11H9BrClNOS/c1-6-3-7(13)4-8(10(6)15-2)9-5-16-11(12)14-9/h3-5H,1-2H3. The highest BCUT2D eigenvalue weighted by atomic mass is 79.9. The Kier molecular flexibility index (Phi) is 3.52. The quantitative estimate of drug-likeness (QED) is 0.811. The summed E-state index contributed by atoms with van der Waals surface area (Å²) in [6, 6.07) is 3.75. The topological polar surface area (TPSA) is 22.1 Å². The van der Waals surface area contributed by atoms with Crippen LogP contribution in [-0.2, 0) is 0 Å². The van der Waals surface area contributed by atoms with Crippen LogP contribution in [0.3, 0.4) is 0 Å². The Morgan fingerprint density at radius 3 is 2.75 bits per heavy atom. The minimum Gasteiger partial charge on any atom is -0.496 e. The number of hydrogen-bond acceptors (Lipinski definition) is 3. The van der Waals surface area contributed by atoms with Crippen molar-refractivity contribution in [3.05, 3.63) is 32.0 Å². The number of methoxy groups -OCH3 is 1. The summed E-state index contributed by atoms with van der Waals surface area (Å²) in [6.45, 7) is 1.97. The highest BCUT2D eigenvalue weighted by Gasteiger charge is 2.12. The van der Waals surface area contributed by atoms with E-state index in [1.165, 1.54) is 11.3 Å². The average molecular weight is 319 g/mol. The van der Waals surface area contributed by atoms with Crippen molar-refractivity contribution in [2.45, 2.75) is 6.92 Å². The number of rotatable bonds is 2. The van der Waals surface area contributed by atoms with Crippen molar-refractivity contribution >= 4 is 38.9 Å². The van der Waals surface area contributed by atoms with Gasteiger partial charge in [-0.3, -0.25) is 0 Å². The van der Waals surface area contributed by atoms with E-state index in [2.05, 4.69) is 20.9 Å². The van der Waals surface area contributed by atoms with Crippen LogP contribution in [0.2, 0.25) is 5.02 Å². The summed E-state index contributed by atoms with van der Waals surface area (Å²) in [5.41, 5.74) is 2.81. The maximum absolute atomic E-state index is 6.04. The Balaban J connectivity index is 2.63. The molecule has 0 amide bonds. The first-order chi connectivity index (χ1) is 7.61. The maximum atomic E-state index is 6.04. The van der Waals surface area contributed by atoms with E-state index in [4.69, 9.17) is 16.3 Å². The first-order valence-corrected chi connectivity index (χ1v) is 6.62. The van der Waals surface area contributed by atoms with Crippen molar-refractivity contribution in [2.24, 2.45) is 0 Å². The molecule has 16 heavy (non-hydrogen) atoms. The third-order valence-electron chi connectivity index (χ3n) is 2.20. The normalized spacial score (nSPS) is 10.5. The summed E-state index contributed by atoms with van der Waals surface area (Å²) < 4.78 is 6.23. The summed E-state index contributed by atoms with van der Waals surface area (Å²) >= 11 is 10.9. The molecule has 0 aliphatic carbocycles. The van der Waals surface area contributed by atoms with Crippen LogP contribution in [-0.4, -0.2) is 12.1 Å². The number of aryl methyl sites for hydroxylation is 1. The van der Waals surface area contributed by atoms with E-state index in [0.717, 1.165) is 26.5 Å². The van der Waals surface area contributed by atoms with Crippen LogP contribution in [0.15, 0.2) is 21.4 Å². The first-order valence-electron chi connectivity index (χ1n) is 4.57. The Morgan fingerprint density at radius 2 is 2.19 bits per heavy atom. The fourth-order valence-corrected chi connectivity index (χ4v) is 2.85. The number of aromatic nitrogens is 1. The van der Waals surface area contributed by atoms with E-state index in [9.17, 15) is 0 Å². The van der Waals surface area contributed by atoms with Gasteiger partial charge in [-0.15, -0.1) is 11.3 Å². The molecule has 0 spiro atoms. The van der Waals surface area contributed by atoms with Crippen molar-refractivity contribution in [3.63, 3.8) is 0 Å². The zero-order valence-corrected chi connectivity index (χ0v) is 11.9. The first kappa shape index (κ1) is 11.9. The van der Waals surface area contributed by atoms with Gasteiger partial charge in [-0.2, -0.15) is 0 Å². The van der Waals surface area contributed by atoms with E-state index in [1.807, 2.05) is 24.4 Å². The minimum absolute atomic E-state index is 0.692. The molecule has 0 unspecified atom stereocenters. The SMILES string of the molecule is COc1c(C)cc(Cl)cc1-c1csc(Br)n1. The Bertz CT molecular complexity index is 527. The second-order valence-corrected chi connectivity index (χ2v) is 5.86. The molecule has 0 saturated carbocycles. The molecule has 0 aliphatic rings. The van der Waals surface area contributed by atoms with E-state index >= 15 is 0 Å². The number of thiazole rings is 1. The fraction of sp³-hybridized carbons (Fsp3) is 0.182. The fourth-order valence-electron chi connectivity index (χ4n) is 1.57. The highest BCUT2D eigenvalue weighted by molar-refractivity contribution is 9.11. The van der Waals surface area contributed by atoms with Crippen LogP contribution >= 0.6 is 38.9 Å². The minimum atomic E-state index is 0.692. The molecule has 5 heteroatoms. The predicted molar refractivity (Wildman–Crippen MR) is 71.5 cm³/mol. The molecule has 84 valence electrons. The molecule has 0 aliphatic heterocycles. The molecular formula is C11H9BrClNOS. The molecule has 0 fully saturated rings. The third-order valence-corrected chi connectivity index (χ3v) is 3.78. The molecule has 1 aromatic carbocycles. The smallest absolute Gasteiger partial charge is 0.159 e. The molecule has 0 saturated heterocycles. The second kappa shape index (κ2) is 4.73. The third kappa shape index (κ3) is 2.24. The van der Waals surface area contributed by atoms with Crippen LogP contribution in [0.25, 0.3) is 11.3 Å². The molecule has 0 N–H and O–H groups in total. The molecule has 2 nitrogen and oxygen atoms in total. The molecule has 1 aromatic heterocycles. The summed E-state index contributed by atoms with van der Waals surface area (Å²) in [4.78, 5) is 4.37. The summed E-state index contributed by atoms with van der Waals surface area (Å²) in [5, 5.41) is 2.66. The van der Waals surface area contributed by atoms with E-state index < -0.39 is 0 Å². The highest BCUT2D eigenvalue weighted by Crippen LogP contribution is 2.36. The van der Waals surface area contributed by atoms with Gasteiger partial charge in [0.15, 0.2) is 3.92 Å². The van der Waals surface area contributed by atoms with E-state index in [1.54, 1.807) is 7.11 Å². The number of benzene rings is 1. The molecule has 0 bridgehead atoms. The molecule has 1 heterocycles. The average Bonchev–Trinajstić information content (AvgIpc) is 2.63. The lowest BCUT2D eigenvalue weighted by Gasteiger charge is -2.10. The van der Waals surface area contributed by atoms with Crippen molar-refractivity contribution in [1.29, 1.82) is 0 Å². The van der Waals surface area contributed by atoms with Gasteiger partial charge in [0.2, 0.25) is 0 Å². The number of ether oxygens (including phenoxy) is 1. The lowest BCUT2D eigenvalue weighted by molar-refractivity contribution is 0.413. The molecule has 0 atom stereocenters. The van der Waals surface area contributed by atoms with Gasteiger partial charge in [0.1, 0.15) is 5.75 Å².